The van der Waals surface area contributed by atoms with Gasteiger partial charge in [-0.1, -0.05) is 35.9 Å². The van der Waals surface area contributed by atoms with Gasteiger partial charge in [0.15, 0.2) is 0 Å². The van der Waals surface area contributed by atoms with Crippen molar-refractivity contribution in [1.82, 2.24) is 0 Å². The largest absolute Gasteiger partial charge is 0.279 e. The first-order valence-electron chi connectivity index (χ1n) is 8.31. The van der Waals surface area contributed by atoms with Crippen LogP contribution in [0.15, 0.2) is 81.4 Å². The lowest BCUT2D eigenvalue weighted by Gasteiger charge is -2.14. The number of sulfone groups is 1. The number of hydrogen-bond donors (Lipinski definition) is 1. The van der Waals surface area contributed by atoms with Crippen LogP contribution in [0.1, 0.15) is 11.1 Å². The van der Waals surface area contributed by atoms with Crippen molar-refractivity contribution in [2.75, 3.05) is 4.72 Å². The molecular weight excluding hydrogens is 418 g/mol. The third-order valence-corrected chi connectivity index (χ3v) is 7.80. The Kier molecular flexibility index (Phi) is 5.52. The predicted molar refractivity (Wildman–Crippen MR) is 110 cm³/mol. The van der Waals surface area contributed by atoms with Crippen molar-refractivity contribution in [1.29, 1.82) is 0 Å². The summed E-state index contributed by atoms with van der Waals surface area (Å²) >= 11 is 5.82. The maximum absolute atomic E-state index is 12.9. The molecule has 3 aromatic carbocycles. The van der Waals surface area contributed by atoms with E-state index in [2.05, 4.69) is 4.72 Å². The van der Waals surface area contributed by atoms with Gasteiger partial charge in [0.25, 0.3) is 10.0 Å². The van der Waals surface area contributed by atoms with Crippen LogP contribution in [-0.4, -0.2) is 16.8 Å². The molecule has 0 heterocycles. The molecule has 0 saturated heterocycles. The molecule has 0 amide bonds. The Morgan fingerprint density at radius 3 is 2.00 bits per heavy atom. The average Bonchev–Trinajstić information content (AvgIpc) is 2.64. The Morgan fingerprint density at radius 2 is 1.36 bits per heavy atom. The van der Waals surface area contributed by atoms with Crippen molar-refractivity contribution in [3.63, 3.8) is 0 Å². The van der Waals surface area contributed by atoms with Crippen molar-refractivity contribution in [2.24, 2.45) is 0 Å². The second-order valence-electron chi connectivity index (χ2n) is 6.31. The van der Waals surface area contributed by atoms with Crippen LogP contribution >= 0.6 is 11.6 Å². The summed E-state index contributed by atoms with van der Waals surface area (Å²) in [5.41, 5.74) is 1.64. The standard InChI is InChI=1S/C20H18ClNO4S2/c1-14-5-3-4-6-19(14)22-28(25,26)20-13-18(10-7-15(20)2)27(23,24)17-11-8-16(21)9-12-17/h3-13,22H,1-2H3. The van der Waals surface area contributed by atoms with Crippen molar-refractivity contribution < 1.29 is 16.8 Å². The van der Waals surface area contributed by atoms with Crippen molar-refractivity contribution in [3.8, 4) is 0 Å². The summed E-state index contributed by atoms with van der Waals surface area (Å²) in [5.74, 6) is 0. The number of benzene rings is 3. The SMILES string of the molecule is Cc1ccccc1NS(=O)(=O)c1cc(S(=O)(=O)c2ccc(Cl)cc2)ccc1C. The summed E-state index contributed by atoms with van der Waals surface area (Å²) in [6.45, 7) is 3.40. The molecule has 0 radical (unpaired) electrons. The van der Waals surface area contributed by atoms with E-state index in [1.54, 1.807) is 38.1 Å². The lowest BCUT2D eigenvalue weighted by atomic mass is 10.2. The molecule has 0 aromatic heterocycles. The highest BCUT2D eigenvalue weighted by Gasteiger charge is 2.23. The molecule has 3 aromatic rings. The van der Waals surface area contributed by atoms with E-state index in [1.165, 1.54) is 42.5 Å². The summed E-state index contributed by atoms with van der Waals surface area (Å²) < 4.78 is 54.1. The molecular formula is C20H18ClNO4S2. The molecule has 0 unspecified atom stereocenters. The van der Waals surface area contributed by atoms with Crippen LogP contribution in [0.5, 0.6) is 0 Å². The first kappa shape index (κ1) is 20.4. The van der Waals surface area contributed by atoms with Crippen LogP contribution in [0.3, 0.4) is 0 Å². The molecule has 0 aliphatic rings. The predicted octanol–water partition coefficient (Wildman–Crippen LogP) is 4.59. The summed E-state index contributed by atoms with van der Waals surface area (Å²) in [4.78, 5) is -0.160. The van der Waals surface area contributed by atoms with Crippen molar-refractivity contribution in [2.45, 2.75) is 28.5 Å². The van der Waals surface area contributed by atoms with E-state index in [0.717, 1.165) is 5.56 Å². The van der Waals surface area contributed by atoms with Gasteiger partial charge in [-0.3, -0.25) is 4.72 Å². The Morgan fingerprint density at radius 1 is 0.750 bits per heavy atom. The number of halogens is 1. The molecule has 3 rings (SSSR count). The van der Waals surface area contributed by atoms with E-state index < -0.39 is 19.9 Å². The summed E-state index contributed by atoms with van der Waals surface area (Å²) in [7, 11) is -7.86. The Balaban J connectivity index is 2.06. The van der Waals surface area contributed by atoms with Gasteiger partial charge < -0.3 is 0 Å². The second-order valence-corrected chi connectivity index (χ2v) is 10.3. The van der Waals surface area contributed by atoms with E-state index >= 15 is 0 Å². The van der Waals surface area contributed by atoms with Gasteiger partial charge in [-0.15, -0.1) is 0 Å². The maximum atomic E-state index is 12.9. The van der Waals surface area contributed by atoms with E-state index in [-0.39, 0.29) is 14.7 Å². The Labute approximate surface area is 170 Å². The minimum atomic E-state index is -3.97. The van der Waals surface area contributed by atoms with Crippen molar-refractivity contribution in [3.05, 3.63) is 82.9 Å². The number of sulfonamides is 1. The maximum Gasteiger partial charge on any atom is 0.262 e. The monoisotopic (exact) mass is 435 g/mol. The molecule has 1 N–H and O–H groups in total. The quantitative estimate of drug-likeness (QED) is 0.635. The molecule has 0 aliphatic heterocycles. The zero-order valence-corrected chi connectivity index (χ0v) is 17.6. The fourth-order valence-electron chi connectivity index (χ4n) is 2.67. The molecule has 0 aliphatic carbocycles. The van der Waals surface area contributed by atoms with E-state index in [1.807, 2.05) is 0 Å². The summed E-state index contributed by atoms with van der Waals surface area (Å²) in [6, 6.07) is 16.7. The Bertz CT molecular complexity index is 1240. The number of anilines is 1. The van der Waals surface area contributed by atoms with Crippen LogP contribution in [0.2, 0.25) is 5.02 Å². The van der Waals surface area contributed by atoms with E-state index in [4.69, 9.17) is 11.6 Å². The van der Waals surface area contributed by atoms with E-state index in [0.29, 0.717) is 16.3 Å². The van der Waals surface area contributed by atoms with Gasteiger partial charge in [0, 0.05) is 5.02 Å². The molecule has 0 spiro atoms. The molecule has 28 heavy (non-hydrogen) atoms. The lowest BCUT2D eigenvalue weighted by Crippen LogP contribution is -2.16. The highest BCUT2D eigenvalue weighted by molar-refractivity contribution is 7.93. The van der Waals surface area contributed by atoms with Crippen LogP contribution in [0.25, 0.3) is 0 Å². The normalized spacial score (nSPS) is 12.0. The van der Waals surface area contributed by atoms with Crippen molar-refractivity contribution >= 4 is 37.1 Å². The van der Waals surface area contributed by atoms with Gasteiger partial charge in [-0.05, 0) is 67.4 Å². The number of para-hydroxylation sites is 1. The minimum Gasteiger partial charge on any atom is -0.279 e. The zero-order chi connectivity index (χ0) is 20.5. The third-order valence-electron chi connectivity index (χ3n) is 4.27. The van der Waals surface area contributed by atoms with Gasteiger partial charge in [0.05, 0.1) is 20.4 Å². The average molecular weight is 436 g/mol. The second kappa shape index (κ2) is 7.58. The van der Waals surface area contributed by atoms with Gasteiger partial charge in [-0.2, -0.15) is 0 Å². The molecule has 5 nitrogen and oxygen atoms in total. The number of rotatable bonds is 5. The first-order chi connectivity index (χ1) is 13.1. The number of hydrogen-bond acceptors (Lipinski definition) is 4. The first-order valence-corrected chi connectivity index (χ1v) is 11.7. The molecule has 8 heteroatoms. The Hall–Kier alpha value is -2.35. The lowest BCUT2D eigenvalue weighted by molar-refractivity contribution is 0.595. The number of nitrogens with one attached hydrogen (secondary N) is 1. The topological polar surface area (TPSA) is 80.3 Å². The van der Waals surface area contributed by atoms with Gasteiger partial charge in [-0.25, -0.2) is 16.8 Å². The molecule has 146 valence electrons. The summed E-state index contributed by atoms with van der Waals surface area (Å²) in [5, 5.41) is 0.411. The molecule has 0 fully saturated rings. The molecule has 0 atom stereocenters. The summed E-state index contributed by atoms with van der Waals surface area (Å²) in [6.07, 6.45) is 0. The smallest absolute Gasteiger partial charge is 0.262 e. The highest BCUT2D eigenvalue weighted by Crippen LogP contribution is 2.28. The van der Waals surface area contributed by atoms with Crippen LogP contribution in [0.4, 0.5) is 5.69 Å². The zero-order valence-electron chi connectivity index (χ0n) is 15.2. The molecule has 0 saturated carbocycles. The van der Waals surface area contributed by atoms with Crippen LogP contribution in [-0.2, 0) is 19.9 Å². The van der Waals surface area contributed by atoms with Gasteiger partial charge in [0.1, 0.15) is 0 Å². The van der Waals surface area contributed by atoms with Crippen LogP contribution < -0.4 is 4.72 Å². The third kappa shape index (κ3) is 4.06. The van der Waals surface area contributed by atoms with E-state index in [9.17, 15) is 16.8 Å². The minimum absolute atomic E-state index is 0.0379. The molecule has 0 bridgehead atoms. The van der Waals surface area contributed by atoms with Gasteiger partial charge >= 0.3 is 0 Å². The van der Waals surface area contributed by atoms with Crippen LogP contribution in [0, 0.1) is 13.8 Å². The fourth-order valence-corrected chi connectivity index (χ4v) is 5.56. The van der Waals surface area contributed by atoms with Gasteiger partial charge in [0.2, 0.25) is 9.84 Å². The number of aryl methyl sites for hydroxylation is 2. The highest BCUT2D eigenvalue weighted by atomic mass is 35.5. The fraction of sp³-hybridized carbons (Fsp3) is 0.100.